The Balaban J connectivity index is 2.46. The van der Waals surface area contributed by atoms with Crippen molar-refractivity contribution in [1.82, 2.24) is 10.2 Å². The average molecular weight is 543 g/mol. The Morgan fingerprint density at radius 2 is 1.74 bits per heavy atom. The molecule has 0 fully saturated rings. The summed E-state index contributed by atoms with van der Waals surface area (Å²) in [6, 6.07) is 12.1. The second-order valence-corrected chi connectivity index (χ2v) is 10.3. The maximum absolute atomic E-state index is 13.8. The number of nitrogens with zero attached hydrogens (tertiary/aromatic N) is 2. The number of hydrogen-bond donors (Lipinski definition) is 3. The SMILES string of the molecule is COc1ccc(NC(=O)C(c2ccc(O)cc2)N(CC#N)C(=O)C(CCSC)NC(=O)OC(C)(C)C)cc1. The number of ether oxygens (including phenoxy) is 2. The molecular weight excluding hydrogens is 508 g/mol. The van der Waals surface area contributed by atoms with Crippen LogP contribution in [0, 0.1) is 11.3 Å². The lowest BCUT2D eigenvalue weighted by atomic mass is 10.0. The molecule has 0 saturated heterocycles. The molecule has 3 N–H and O–H groups in total. The summed E-state index contributed by atoms with van der Waals surface area (Å²) in [5, 5.41) is 24.8. The largest absolute Gasteiger partial charge is 0.508 e. The summed E-state index contributed by atoms with van der Waals surface area (Å²) in [4.78, 5) is 41.1. The molecule has 2 rings (SSSR count). The fourth-order valence-electron chi connectivity index (χ4n) is 3.53. The summed E-state index contributed by atoms with van der Waals surface area (Å²) in [5.41, 5.74) is 0.0455. The lowest BCUT2D eigenvalue weighted by Gasteiger charge is -2.33. The zero-order chi connectivity index (χ0) is 28.3. The first-order valence-electron chi connectivity index (χ1n) is 11.9. The Bertz CT molecular complexity index is 1130. The zero-order valence-corrected chi connectivity index (χ0v) is 23.0. The van der Waals surface area contributed by atoms with Gasteiger partial charge in [-0.2, -0.15) is 17.0 Å². The third-order valence-corrected chi connectivity index (χ3v) is 5.89. The molecule has 10 nitrogen and oxygen atoms in total. The van der Waals surface area contributed by atoms with E-state index in [1.807, 2.05) is 12.3 Å². The number of methoxy groups -OCH3 is 1. The van der Waals surface area contributed by atoms with Crippen LogP contribution in [0.2, 0.25) is 0 Å². The van der Waals surface area contributed by atoms with E-state index >= 15 is 0 Å². The molecular formula is C27H34N4O6S. The predicted octanol–water partition coefficient (Wildman–Crippen LogP) is 4.08. The number of rotatable bonds is 11. The summed E-state index contributed by atoms with van der Waals surface area (Å²) in [5.74, 6) is -0.0798. The smallest absolute Gasteiger partial charge is 0.408 e. The van der Waals surface area contributed by atoms with Gasteiger partial charge in [0.2, 0.25) is 5.91 Å². The molecule has 11 heteroatoms. The van der Waals surface area contributed by atoms with Gasteiger partial charge < -0.3 is 30.1 Å². The molecule has 0 aliphatic heterocycles. The lowest BCUT2D eigenvalue weighted by molar-refractivity contribution is -0.140. The number of amides is 3. The molecule has 2 unspecified atom stereocenters. The monoisotopic (exact) mass is 542 g/mol. The van der Waals surface area contributed by atoms with Crippen molar-refractivity contribution < 1.29 is 29.0 Å². The van der Waals surface area contributed by atoms with Crippen molar-refractivity contribution in [3.63, 3.8) is 0 Å². The van der Waals surface area contributed by atoms with Gasteiger partial charge in [-0.3, -0.25) is 9.59 Å². The van der Waals surface area contributed by atoms with Crippen molar-refractivity contribution in [2.24, 2.45) is 0 Å². The van der Waals surface area contributed by atoms with Crippen LogP contribution in [0.4, 0.5) is 10.5 Å². The van der Waals surface area contributed by atoms with E-state index in [0.717, 1.165) is 4.90 Å². The van der Waals surface area contributed by atoms with Crippen LogP contribution in [-0.4, -0.2) is 65.2 Å². The first-order chi connectivity index (χ1) is 18.0. The van der Waals surface area contributed by atoms with Crippen molar-refractivity contribution in [1.29, 1.82) is 5.26 Å². The van der Waals surface area contributed by atoms with E-state index in [2.05, 4.69) is 10.6 Å². The number of benzene rings is 2. The first-order valence-corrected chi connectivity index (χ1v) is 13.3. The topological polar surface area (TPSA) is 141 Å². The van der Waals surface area contributed by atoms with E-state index in [1.54, 1.807) is 45.0 Å². The van der Waals surface area contributed by atoms with E-state index in [4.69, 9.17) is 9.47 Å². The standard InChI is InChI=1S/C27H34N4O6S/c1-27(2,3)37-26(35)30-22(14-17-38-5)25(34)31(16-15-28)23(18-6-10-20(32)11-7-18)24(33)29-19-8-12-21(36-4)13-9-19/h6-13,22-23,32H,14,16-17H2,1-5H3,(H,29,33)(H,30,35). The van der Waals surface area contributed by atoms with Crippen LogP contribution in [0.1, 0.15) is 38.8 Å². The molecule has 204 valence electrons. The Morgan fingerprint density at radius 3 is 2.26 bits per heavy atom. The number of anilines is 1. The first kappa shape index (κ1) is 30.3. The fourth-order valence-corrected chi connectivity index (χ4v) is 4.00. The average Bonchev–Trinajstić information content (AvgIpc) is 2.86. The minimum Gasteiger partial charge on any atom is -0.508 e. The Kier molecular flexibility index (Phi) is 11.3. The van der Waals surface area contributed by atoms with Crippen LogP contribution in [0.5, 0.6) is 11.5 Å². The number of carbonyl (C=O) groups is 3. The maximum atomic E-state index is 13.8. The molecule has 0 heterocycles. The molecule has 0 bridgehead atoms. The second-order valence-electron chi connectivity index (χ2n) is 9.32. The maximum Gasteiger partial charge on any atom is 0.408 e. The molecule has 2 aromatic rings. The number of phenolic OH excluding ortho intramolecular Hbond substituents is 1. The third-order valence-electron chi connectivity index (χ3n) is 5.25. The molecule has 2 aromatic carbocycles. The van der Waals surface area contributed by atoms with Gasteiger partial charge in [0, 0.05) is 5.69 Å². The van der Waals surface area contributed by atoms with Gasteiger partial charge in [-0.1, -0.05) is 12.1 Å². The van der Waals surface area contributed by atoms with Gasteiger partial charge in [0.25, 0.3) is 5.91 Å². The van der Waals surface area contributed by atoms with E-state index < -0.39 is 42.1 Å². The van der Waals surface area contributed by atoms with Crippen molar-refractivity contribution >= 4 is 35.4 Å². The predicted molar refractivity (Wildman–Crippen MR) is 146 cm³/mol. The second kappa shape index (κ2) is 14.1. The van der Waals surface area contributed by atoms with Crippen LogP contribution >= 0.6 is 11.8 Å². The molecule has 0 aromatic heterocycles. The van der Waals surface area contributed by atoms with E-state index in [-0.39, 0.29) is 12.2 Å². The highest BCUT2D eigenvalue weighted by atomic mass is 32.2. The van der Waals surface area contributed by atoms with E-state index in [1.165, 1.54) is 43.1 Å². The fraction of sp³-hybridized carbons (Fsp3) is 0.407. The summed E-state index contributed by atoms with van der Waals surface area (Å²) in [6.07, 6.45) is 1.34. The number of nitrogens with one attached hydrogen (secondary N) is 2. The van der Waals surface area contributed by atoms with Gasteiger partial charge in [-0.15, -0.1) is 0 Å². The zero-order valence-electron chi connectivity index (χ0n) is 22.2. The minimum atomic E-state index is -1.23. The number of alkyl carbamates (subject to hydrolysis) is 1. The number of thioether (sulfide) groups is 1. The quantitative estimate of drug-likeness (QED) is 0.361. The molecule has 38 heavy (non-hydrogen) atoms. The summed E-state index contributed by atoms with van der Waals surface area (Å²) >= 11 is 1.48. The number of nitriles is 1. The van der Waals surface area contributed by atoms with E-state index in [0.29, 0.717) is 22.8 Å². The van der Waals surface area contributed by atoms with Crippen molar-refractivity contribution in [3.05, 3.63) is 54.1 Å². The highest BCUT2D eigenvalue weighted by Gasteiger charge is 2.36. The molecule has 0 aliphatic carbocycles. The van der Waals surface area contributed by atoms with Gasteiger partial charge >= 0.3 is 6.09 Å². The van der Waals surface area contributed by atoms with Crippen LogP contribution in [0.25, 0.3) is 0 Å². The molecule has 2 atom stereocenters. The minimum absolute atomic E-state index is 0.0225. The van der Waals surface area contributed by atoms with Crippen molar-refractivity contribution in [3.8, 4) is 17.6 Å². The van der Waals surface area contributed by atoms with Gasteiger partial charge in [0.1, 0.15) is 35.7 Å². The normalized spacial score (nSPS) is 12.4. The van der Waals surface area contributed by atoms with Gasteiger partial charge in [0.05, 0.1) is 13.2 Å². The van der Waals surface area contributed by atoms with Crippen molar-refractivity contribution in [2.45, 2.75) is 44.9 Å². The molecule has 0 spiro atoms. The molecule has 0 radical (unpaired) electrons. The summed E-state index contributed by atoms with van der Waals surface area (Å²) in [7, 11) is 1.53. The van der Waals surface area contributed by atoms with Crippen LogP contribution in [0.3, 0.4) is 0 Å². The van der Waals surface area contributed by atoms with Crippen LogP contribution in [-0.2, 0) is 14.3 Å². The summed E-state index contributed by atoms with van der Waals surface area (Å²) in [6.45, 7) is 4.69. The van der Waals surface area contributed by atoms with Gasteiger partial charge in [-0.05, 0) is 81.2 Å². The number of hydrogen-bond acceptors (Lipinski definition) is 8. The number of phenols is 1. The lowest BCUT2D eigenvalue weighted by Crippen LogP contribution is -2.52. The number of aromatic hydroxyl groups is 1. The van der Waals surface area contributed by atoms with Gasteiger partial charge in [0.15, 0.2) is 0 Å². The Hall–Kier alpha value is -3.91. The van der Waals surface area contributed by atoms with Gasteiger partial charge in [-0.25, -0.2) is 4.79 Å². The van der Waals surface area contributed by atoms with Crippen LogP contribution < -0.4 is 15.4 Å². The third kappa shape index (κ3) is 9.19. The molecule has 0 saturated carbocycles. The highest BCUT2D eigenvalue weighted by molar-refractivity contribution is 7.98. The Labute approximate surface area is 227 Å². The van der Waals surface area contributed by atoms with Crippen LogP contribution in [0.15, 0.2) is 48.5 Å². The van der Waals surface area contributed by atoms with E-state index in [9.17, 15) is 24.8 Å². The number of carbonyl (C=O) groups excluding carboxylic acids is 3. The Morgan fingerprint density at radius 1 is 1.11 bits per heavy atom. The summed E-state index contributed by atoms with van der Waals surface area (Å²) < 4.78 is 10.5. The van der Waals surface area contributed by atoms with Crippen molar-refractivity contribution in [2.75, 3.05) is 31.0 Å². The molecule has 0 aliphatic rings. The highest BCUT2D eigenvalue weighted by Crippen LogP contribution is 2.27. The molecule has 3 amide bonds.